The Morgan fingerprint density at radius 1 is 1.00 bits per heavy atom. The van der Waals surface area contributed by atoms with E-state index in [4.69, 9.17) is 5.73 Å². The number of benzene rings is 2. The topological polar surface area (TPSA) is 26.0 Å². The van der Waals surface area contributed by atoms with Gasteiger partial charge < -0.3 is 5.73 Å². The largest absolute Gasteiger partial charge is 0.398 e. The van der Waals surface area contributed by atoms with Gasteiger partial charge in [-0.1, -0.05) is 48.9 Å². The molecule has 0 aliphatic heterocycles. The molecule has 0 radical (unpaired) electrons. The highest BCUT2D eigenvalue weighted by atomic mass is 14.6. The van der Waals surface area contributed by atoms with Crippen molar-refractivity contribution in [3.63, 3.8) is 0 Å². The third-order valence-electron chi connectivity index (χ3n) is 2.88. The fourth-order valence-electron chi connectivity index (χ4n) is 1.92. The van der Waals surface area contributed by atoms with Crippen molar-refractivity contribution >= 4 is 5.69 Å². The standard InChI is InChI=1S/C15H17N/c1-3-12-7-8-14(10-15(12)16)13-6-4-5-11(2)9-13/h4-10H,3,16H2,1-2H3. The summed E-state index contributed by atoms with van der Waals surface area (Å²) in [5.41, 5.74) is 11.8. The lowest BCUT2D eigenvalue weighted by Gasteiger charge is -2.07. The molecule has 0 atom stereocenters. The van der Waals surface area contributed by atoms with E-state index < -0.39 is 0 Å². The Labute approximate surface area is 96.9 Å². The van der Waals surface area contributed by atoms with Crippen LogP contribution in [0.25, 0.3) is 11.1 Å². The second-order valence-electron chi connectivity index (χ2n) is 4.14. The number of nitrogen functional groups attached to an aromatic ring is 1. The van der Waals surface area contributed by atoms with E-state index in [9.17, 15) is 0 Å². The Bertz CT molecular complexity index is 501. The first-order valence-corrected chi connectivity index (χ1v) is 5.66. The van der Waals surface area contributed by atoms with Gasteiger partial charge in [-0.2, -0.15) is 0 Å². The van der Waals surface area contributed by atoms with Crippen LogP contribution in [0.2, 0.25) is 0 Å². The SMILES string of the molecule is CCc1ccc(-c2cccc(C)c2)cc1N. The van der Waals surface area contributed by atoms with Gasteiger partial charge in [0, 0.05) is 5.69 Å². The van der Waals surface area contributed by atoms with Gasteiger partial charge in [0.15, 0.2) is 0 Å². The molecule has 0 heterocycles. The zero-order valence-electron chi connectivity index (χ0n) is 9.83. The Hall–Kier alpha value is -1.76. The average Bonchev–Trinajstić information content (AvgIpc) is 2.29. The first-order valence-electron chi connectivity index (χ1n) is 5.66. The zero-order chi connectivity index (χ0) is 11.5. The van der Waals surface area contributed by atoms with E-state index in [0.29, 0.717) is 0 Å². The predicted molar refractivity (Wildman–Crippen MR) is 70.4 cm³/mol. The predicted octanol–water partition coefficient (Wildman–Crippen LogP) is 3.81. The van der Waals surface area contributed by atoms with Crippen LogP contribution in [-0.2, 0) is 6.42 Å². The molecule has 2 rings (SSSR count). The molecule has 0 saturated heterocycles. The lowest BCUT2D eigenvalue weighted by atomic mass is 10.0. The van der Waals surface area contributed by atoms with Crippen LogP contribution in [0.3, 0.4) is 0 Å². The summed E-state index contributed by atoms with van der Waals surface area (Å²) >= 11 is 0. The molecule has 2 aromatic rings. The Morgan fingerprint density at radius 2 is 1.75 bits per heavy atom. The number of hydrogen-bond donors (Lipinski definition) is 1. The Kier molecular flexibility index (Phi) is 2.95. The maximum Gasteiger partial charge on any atom is 0.0352 e. The normalized spacial score (nSPS) is 10.4. The summed E-state index contributed by atoms with van der Waals surface area (Å²) < 4.78 is 0. The zero-order valence-corrected chi connectivity index (χ0v) is 9.83. The fraction of sp³-hybridized carbons (Fsp3) is 0.200. The van der Waals surface area contributed by atoms with Crippen LogP contribution in [0.5, 0.6) is 0 Å². The van der Waals surface area contributed by atoms with Crippen LogP contribution in [0.15, 0.2) is 42.5 Å². The highest BCUT2D eigenvalue weighted by Gasteiger charge is 2.01. The van der Waals surface area contributed by atoms with Crippen molar-refractivity contribution in [2.75, 3.05) is 5.73 Å². The number of rotatable bonds is 2. The van der Waals surface area contributed by atoms with E-state index in [-0.39, 0.29) is 0 Å². The molecule has 16 heavy (non-hydrogen) atoms. The number of nitrogens with two attached hydrogens (primary N) is 1. The number of hydrogen-bond acceptors (Lipinski definition) is 1. The highest BCUT2D eigenvalue weighted by molar-refractivity contribution is 5.69. The van der Waals surface area contributed by atoms with Crippen LogP contribution in [0, 0.1) is 6.92 Å². The van der Waals surface area contributed by atoms with Crippen molar-refractivity contribution in [3.8, 4) is 11.1 Å². The molecule has 0 amide bonds. The van der Waals surface area contributed by atoms with E-state index in [2.05, 4.69) is 56.3 Å². The van der Waals surface area contributed by atoms with Crippen molar-refractivity contribution < 1.29 is 0 Å². The van der Waals surface area contributed by atoms with E-state index in [1.54, 1.807) is 0 Å². The van der Waals surface area contributed by atoms with Crippen LogP contribution >= 0.6 is 0 Å². The molecule has 0 spiro atoms. The van der Waals surface area contributed by atoms with Gasteiger partial charge >= 0.3 is 0 Å². The second kappa shape index (κ2) is 4.40. The lowest BCUT2D eigenvalue weighted by molar-refractivity contribution is 1.14. The van der Waals surface area contributed by atoms with E-state index >= 15 is 0 Å². The fourth-order valence-corrected chi connectivity index (χ4v) is 1.92. The van der Waals surface area contributed by atoms with Gasteiger partial charge in [-0.25, -0.2) is 0 Å². The summed E-state index contributed by atoms with van der Waals surface area (Å²) in [6, 6.07) is 14.8. The van der Waals surface area contributed by atoms with Gasteiger partial charge in [0.05, 0.1) is 0 Å². The molecule has 2 N–H and O–H groups in total. The van der Waals surface area contributed by atoms with Crippen molar-refractivity contribution in [2.45, 2.75) is 20.3 Å². The van der Waals surface area contributed by atoms with Gasteiger partial charge in [0.2, 0.25) is 0 Å². The van der Waals surface area contributed by atoms with E-state index in [1.807, 2.05) is 0 Å². The van der Waals surface area contributed by atoms with Gasteiger partial charge in [-0.05, 0) is 36.1 Å². The summed E-state index contributed by atoms with van der Waals surface area (Å²) in [4.78, 5) is 0. The molecular formula is C15H17N. The molecular weight excluding hydrogens is 194 g/mol. The molecule has 0 fully saturated rings. The molecule has 0 saturated carbocycles. The summed E-state index contributed by atoms with van der Waals surface area (Å²) in [5.74, 6) is 0. The summed E-state index contributed by atoms with van der Waals surface area (Å²) in [6.45, 7) is 4.23. The van der Waals surface area contributed by atoms with Crippen molar-refractivity contribution in [3.05, 3.63) is 53.6 Å². The molecule has 0 aliphatic rings. The van der Waals surface area contributed by atoms with Crippen molar-refractivity contribution in [2.24, 2.45) is 0 Å². The summed E-state index contributed by atoms with van der Waals surface area (Å²) in [5, 5.41) is 0. The smallest absolute Gasteiger partial charge is 0.0352 e. The maximum absolute atomic E-state index is 6.01. The third-order valence-corrected chi connectivity index (χ3v) is 2.88. The molecule has 82 valence electrons. The van der Waals surface area contributed by atoms with Gasteiger partial charge in [-0.15, -0.1) is 0 Å². The average molecular weight is 211 g/mol. The third kappa shape index (κ3) is 2.08. The van der Waals surface area contributed by atoms with Crippen LogP contribution < -0.4 is 5.73 Å². The first kappa shape index (κ1) is 10.7. The van der Waals surface area contributed by atoms with Crippen molar-refractivity contribution in [1.82, 2.24) is 0 Å². The van der Waals surface area contributed by atoms with E-state index in [1.165, 1.54) is 22.3 Å². The Morgan fingerprint density at radius 3 is 2.38 bits per heavy atom. The summed E-state index contributed by atoms with van der Waals surface area (Å²) in [7, 11) is 0. The molecule has 0 aliphatic carbocycles. The minimum atomic E-state index is 0.890. The minimum absolute atomic E-state index is 0.890. The quantitative estimate of drug-likeness (QED) is 0.751. The van der Waals surface area contributed by atoms with Crippen LogP contribution in [0.1, 0.15) is 18.1 Å². The van der Waals surface area contributed by atoms with E-state index in [0.717, 1.165) is 12.1 Å². The minimum Gasteiger partial charge on any atom is -0.398 e. The monoisotopic (exact) mass is 211 g/mol. The van der Waals surface area contributed by atoms with Crippen LogP contribution in [-0.4, -0.2) is 0 Å². The molecule has 0 unspecified atom stereocenters. The maximum atomic E-state index is 6.01. The lowest BCUT2D eigenvalue weighted by Crippen LogP contribution is -1.93. The highest BCUT2D eigenvalue weighted by Crippen LogP contribution is 2.24. The molecule has 0 bridgehead atoms. The second-order valence-corrected chi connectivity index (χ2v) is 4.14. The molecule has 0 aromatic heterocycles. The van der Waals surface area contributed by atoms with Gasteiger partial charge in [0.25, 0.3) is 0 Å². The summed E-state index contributed by atoms with van der Waals surface area (Å²) in [6.07, 6.45) is 0.986. The number of aryl methyl sites for hydroxylation is 2. The van der Waals surface area contributed by atoms with Gasteiger partial charge in [-0.3, -0.25) is 0 Å². The van der Waals surface area contributed by atoms with Crippen LogP contribution in [0.4, 0.5) is 5.69 Å². The van der Waals surface area contributed by atoms with Gasteiger partial charge in [0.1, 0.15) is 0 Å². The molecule has 1 nitrogen and oxygen atoms in total. The van der Waals surface area contributed by atoms with Crippen molar-refractivity contribution in [1.29, 1.82) is 0 Å². The number of anilines is 1. The molecule has 1 heteroatoms. The molecule has 2 aromatic carbocycles. The first-order chi connectivity index (χ1) is 7.70. The Balaban J connectivity index is 2.45.